The lowest BCUT2D eigenvalue weighted by molar-refractivity contribution is -0.138. The van der Waals surface area contributed by atoms with E-state index in [4.69, 9.17) is 11.6 Å². The van der Waals surface area contributed by atoms with Crippen LogP contribution < -0.4 is 0 Å². The topological polar surface area (TPSA) is 58.4 Å². The van der Waals surface area contributed by atoms with Crippen molar-refractivity contribution in [2.75, 3.05) is 26.2 Å². The lowest BCUT2D eigenvalue weighted by atomic mass is 9.92. The molecule has 0 bridgehead atoms. The third-order valence-corrected chi connectivity index (χ3v) is 6.75. The summed E-state index contributed by atoms with van der Waals surface area (Å²) in [5.74, 6) is 1.01. The van der Waals surface area contributed by atoms with Gasteiger partial charge in [0.05, 0.1) is 23.1 Å². The van der Waals surface area contributed by atoms with Crippen LogP contribution in [0.2, 0.25) is 5.02 Å². The maximum absolute atomic E-state index is 13.1. The van der Waals surface area contributed by atoms with Crippen molar-refractivity contribution in [3.8, 4) is 5.69 Å². The van der Waals surface area contributed by atoms with Crippen molar-refractivity contribution in [2.45, 2.75) is 39.5 Å². The molecule has 6 nitrogen and oxygen atoms in total. The monoisotopic (exact) mass is 428 g/mol. The summed E-state index contributed by atoms with van der Waals surface area (Å²) < 4.78 is 1.74. The fraction of sp³-hybridized carbons (Fsp3) is 0.522. The van der Waals surface area contributed by atoms with Crippen LogP contribution in [-0.2, 0) is 4.79 Å². The van der Waals surface area contributed by atoms with Crippen LogP contribution in [0.4, 0.5) is 0 Å². The average molecular weight is 429 g/mol. The van der Waals surface area contributed by atoms with E-state index in [1.54, 1.807) is 10.9 Å². The molecule has 1 aromatic carbocycles. The molecule has 7 heteroatoms. The van der Waals surface area contributed by atoms with Crippen molar-refractivity contribution in [1.29, 1.82) is 0 Å². The van der Waals surface area contributed by atoms with Crippen molar-refractivity contribution >= 4 is 23.4 Å². The minimum Gasteiger partial charge on any atom is -0.342 e. The van der Waals surface area contributed by atoms with Crippen molar-refractivity contribution in [2.24, 2.45) is 11.8 Å². The molecule has 3 heterocycles. The SMILES string of the molecule is Cc1c(C(=O)N2CCC(C(=O)N3CCC(C)CC3)CC2)cnn1-c1cccc(Cl)c1. The van der Waals surface area contributed by atoms with E-state index in [-0.39, 0.29) is 17.7 Å². The number of carbonyl (C=O) groups is 2. The maximum Gasteiger partial charge on any atom is 0.257 e. The van der Waals surface area contributed by atoms with Gasteiger partial charge in [-0.15, -0.1) is 0 Å². The van der Waals surface area contributed by atoms with Crippen LogP contribution in [-0.4, -0.2) is 57.6 Å². The molecule has 160 valence electrons. The molecule has 1 aromatic heterocycles. The normalized spacial score (nSPS) is 18.6. The zero-order valence-corrected chi connectivity index (χ0v) is 18.4. The fourth-order valence-electron chi connectivity index (χ4n) is 4.47. The Kier molecular flexibility index (Phi) is 6.14. The number of aromatic nitrogens is 2. The fourth-order valence-corrected chi connectivity index (χ4v) is 4.66. The molecule has 0 N–H and O–H groups in total. The van der Waals surface area contributed by atoms with Crippen molar-refractivity contribution in [1.82, 2.24) is 19.6 Å². The highest BCUT2D eigenvalue weighted by atomic mass is 35.5. The molecule has 30 heavy (non-hydrogen) atoms. The van der Waals surface area contributed by atoms with Gasteiger partial charge in [-0.25, -0.2) is 4.68 Å². The first kappa shape index (κ1) is 20.9. The first-order chi connectivity index (χ1) is 14.4. The van der Waals surface area contributed by atoms with E-state index in [9.17, 15) is 9.59 Å². The Morgan fingerprint density at radius 1 is 1.03 bits per heavy atom. The smallest absolute Gasteiger partial charge is 0.257 e. The lowest BCUT2D eigenvalue weighted by Crippen LogP contribution is -2.46. The number of piperidine rings is 2. The number of nitrogens with zero attached hydrogens (tertiary/aromatic N) is 4. The van der Waals surface area contributed by atoms with E-state index in [2.05, 4.69) is 12.0 Å². The molecule has 0 spiro atoms. The summed E-state index contributed by atoms with van der Waals surface area (Å²) in [4.78, 5) is 29.8. The van der Waals surface area contributed by atoms with Gasteiger partial charge in [0.1, 0.15) is 0 Å². The molecule has 2 saturated heterocycles. The van der Waals surface area contributed by atoms with E-state index in [1.807, 2.05) is 41.0 Å². The summed E-state index contributed by atoms with van der Waals surface area (Å²) >= 11 is 6.09. The Hall–Kier alpha value is -2.34. The predicted octanol–water partition coefficient (Wildman–Crippen LogP) is 3.94. The third kappa shape index (κ3) is 4.24. The number of benzene rings is 1. The Morgan fingerprint density at radius 2 is 1.70 bits per heavy atom. The molecular weight excluding hydrogens is 400 g/mol. The molecule has 2 aliphatic heterocycles. The van der Waals surface area contributed by atoms with Crippen LogP contribution in [0.1, 0.15) is 48.7 Å². The summed E-state index contributed by atoms with van der Waals surface area (Å²) in [6, 6.07) is 7.42. The minimum absolute atomic E-state index is 0.0153. The Morgan fingerprint density at radius 3 is 2.37 bits per heavy atom. The molecular formula is C23H29ClN4O2. The van der Waals surface area contributed by atoms with Crippen LogP contribution in [0.3, 0.4) is 0 Å². The average Bonchev–Trinajstić information content (AvgIpc) is 3.14. The van der Waals surface area contributed by atoms with Gasteiger partial charge in [-0.2, -0.15) is 5.10 Å². The van der Waals surface area contributed by atoms with Gasteiger partial charge in [-0.05, 0) is 56.7 Å². The molecule has 2 aliphatic rings. The number of halogens is 1. The van der Waals surface area contributed by atoms with Gasteiger partial charge in [0, 0.05) is 37.1 Å². The maximum atomic E-state index is 13.1. The van der Waals surface area contributed by atoms with Gasteiger partial charge in [0.15, 0.2) is 0 Å². The molecule has 2 aromatic rings. The lowest BCUT2D eigenvalue weighted by Gasteiger charge is -2.36. The number of rotatable bonds is 3. The van der Waals surface area contributed by atoms with Crippen LogP contribution in [0.25, 0.3) is 5.69 Å². The highest BCUT2D eigenvalue weighted by Gasteiger charge is 2.32. The molecule has 0 atom stereocenters. The zero-order chi connectivity index (χ0) is 21.3. The second-order valence-electron chi connectivity index (χ2n) is 8.61. The first-order valence-corrected chi connectivity index (χ1v) is 11.2. The number of likely N-dealkylation sites (tertiary alicyclic amines) is 2. The molecule has 2 fully saturated rings. The van der Waals surface area contributed by atoms with Gasteiger partial charge in [0.25, 0.3) is 5.91 Å². The van der Waals surface area contributed by atoms with Crippen molar-refractivity contribution in [3.05, 3.63) is 46.7 Å². The van der Waals surface area contributed by atoms with Crippen LogP contribution in [0.5, 0.6) is 0 Å². The standard InChI is InChI=1S/C23H29ClN4O2/c1-16-6-10-26(11-7-16)22(29)18-8-12-27(13-9-18)23(30)21-15-25-28(17(21)2)20-5-3-4-19(24)14-20/h3-5,14-16,18H,6-13H2,1-2H3. The second-order valence-corrected chi connectivity index (χ2v) is 9.05. The predicted molar refractivity (Wildman–Crippen MR) is 117 cm³/mol. The van der Waals surface area contributed by atoms with Gasteiger partial charge < -0.3 is 9.80 Å². The minimum atomic E-state index is -0.0153. The number of hydrogen-bond acceptors (Lipinski definition) is 3. The molecule has 0 saturated carbocycles. The van der Waals surface area contributed by atoms with Crippen LogP contribution in [0, 0.1) is 18.8 Å². The molecule has 4 rings (SSSR count). The van der Waals surface area contributed by atoms with E-state index >= 15 is 0 Å². The number of hydrogen-bond donors (Lipinski definition) is 0. The highest BCUT2D eigenvalue weighted by molar-refractivity contribution is 6.30. The van der Waals surface area contributed by atoms with Crippen molar-refractivity contribution < 1.29 is 9.59 Å². The van der Waals surface area contributed by atoms with Gasteiger partial charge in [0.2, 0.25) is 5.91 Å². The Balaban J connectivity index is 1.38. The van der Waals surface area contributed by atoms with E-state index in [1.165, 1.54) is 0 Å². The summed E-state index contributed by atoms with van der Waals surface area (Å²) in [5, 5.41) is 5.03. The summed E-state index contributed by atoms with van der Waals surface area (Å²) in [6.45, 7) is 7.13. The van der Waals surface area contributed by atoms with Crippen LogP contribution >= 0.6 is 11.6 Å². The van der Waals surface area contributed by atoms with E-state index < -0.39 is 0 Å². The first-order valence-electron chi connectivity index (χ1n) is 10.8. The molecule has 0 unspecified atom stereocenters. The second kappa shape index (κ2) is 8.80. The van der Waals surface area contributed by atoms with Crippen molar-refractivity contribution in [3.63, 3.8) is 0 Å². The van der Waals surface area contributed by atoms with Gasteiger partial charge in [-0.3, -0.25) is 9.59 Å². The van der Waals surface area contributed by atoms with Gasteiger partial charge >= 0.3 is 0 Å². The number of amides is 2. The van der Waals surface area contributed by atoms with Gasteiger partial charge in [-0.1, -0.05) is 24.6 Å². The van der Waals surface area contributed by atoms with E-state index in [0.717, 1.165) is 50.2 Å². The number of carbonyl (C=O) groups excluding carboxylic acids is 2. The molecule has 0 radical (unpaired) electrons. The van der Waals surface area contributed by atoms with Crippen LogP contribution in [0.15, 0.2) is 30.5 Å². The summed E-state index contributed by atoms with van der Waals surface area (Å²) in [6.07, 6.45) is 5.29. The zero-order valence-electron chi connectivity index (χ0n) is 17.7. The summed E-state index contributed by atoms with van der Waals surface area (Å²) in [5.41, 5.74) is 2.23. The highest BCUT2D eigenvalue weighted by Crippen LogP contribution is 2.25. The molecule has 0 aliphatic carbocycles. The molecule has 2 amide bonds. The Bertz CT molecular complexity index is 925. The largest absolute Gasteiger partial charge is 0.342 e. The van der Waals surface area contributed by atoms with E-state index in [0.29, 0.717) is 29.6 Å². The quantitative estimate of drug-likeness (QED) is 0.743. The Labute approximate surface area is 182 Å². The third-order valence-electron chi connectivity index (χ3n) is 6.52. The summed E-state index contributed by atoms with van der Waals surface area (Å²) in [7, 11) is 0.